The predicted molar refractivity (Wildman–Crippen MR) is 88.8 cm³/mol. The summed E-state index contributed by atoms with van der Waals surface area (Å²) in [6.07, 6.45) is 4.50. The van der Waals surface area contributed by atoms with Gasteiger partial charge in [0.25, 0.3) is 5.91 Å². The van der Waals surface area contributed by atoms with Crippen molar-refractivity contribution in [2.75, 3.05) is 13.2 Å². The highest BCUT2D eigenvalue weighted by Gasteiger charge is 2.23. The van der Waals surface area contributed by atoms with Gasteiger partial charge >= 0.3 is 5.97 Å². The Bertz CT molecular complexity index is 751. The van der Waals surface area contributed by atoms with Crippen molar-refractivity contribution in [1.82, 2.24) is 10.5 Å². The number of hydrogen-bond donors (Lipinski definition) is 2. The lowest BCUT2D eigenvalue weighted by atomic mass is 9.96. The van der Waals surface area contributed by atoms with E-state index in [1.807, 2.05) is 12.1 Å². The number of carboxylic acid groups (broad SMARTS) is 1. The summed E-state index contributed by atoms with van der Waals surface area (Å²) in [7, 11) is 0. The third-order valence-electron chi connectivity index (χ3n) is 4.15. The predicted octanol–water partition coefficient (Wildman–Crippen LogP) is 1.99. The molecule has 2 N–H and O–H groups in total. The van der Waals surface area contributed by atoms with Gasteiger partial charge in [-0.3, -0.25) is 4.79 Å². The molecular formula is C18H20N2O5. The molecule has 0 bridgehead atoms. The van der Waals surface area contributed by atoms with Crippen LogP contribution in [0, 0.1) is 0 Å². The molecule has 1 heterocycles. The van der Waals surface area contributed by atoms with Crippen molar-refractivity contribution >= 4 is 11.9 Å². The van der Waals surface area contributed by atoms with Crippen LogP contribution in [0.15, 0.2) is 28.8 Å². The fraction of sp³-hybridized carbons (Fsp3) is 0.389. The Hall–Kier alpha value is -2.83. The highest BCUT2D eigenvalue weighted by Crippen LogP contribution is 2.24. The van der Waals surface area contributed by atoms with Gasteiger partial charge in [-0.15, -0.1) is 0 Å². The van der Waals surface area contributed by atoms with Crippen molar-refractivity contribution in [3.8, 4) is 5.75 Å². The molecule has 1 aromatic heterocycles. The molecule has 1 amide bonds. The minimum absolute atomic E-state index is 0.201. The summed E-state index contributed by atoms with van der Waals surface area (Å²) < 4.78 is 10.3. The van der Waals surface area contributed by atoms with Crippen LogP contribution in [0.25, 0.3) is 0 Å². The molecule has 1 aromatic carbocycles. The molecule has 0 spiro atoms. The normalized spacial score (nSPS) is 13.1. The number of carbonyl (C=O) groups is 2. The number of amides is 1. The molecule has 3 rings (SSSR count). The number of aryl methyl sites for hydroxylation is 1. The zero-order chi connectivity index (χ0) is 17.6. The lowest BCUT2D eigenvalue weighted by Crippen LogP contribution is -2.27. The third-order valence-corrected chi connectivity index (χ3v) is 4.15. The van der Waals surface area contributed by atoms with Gasteiger partial charge in [0.15, 0.2) is 12.3 Å². The minimum Gasteiger partial charge on any atom is -0.482 e. The molecule has 7 nitrogen and oxygen atoms in total. The van der Waals surface area contributed by atoms with Gasteiger partial charge in [0.05, 0.1) is 0 Å². The Morgan fingerprint density at radius 2 is 1.96 bits per heavy atom. The van der Waals surface area contributed by atoms with E-state index in [-0.39, 0.29) is 12.5 Å². The topological polar surface area (TPSA) is 102 Å². The Morgan fingerprint density at radius 3 is 2.72 bits per heavy atom. The first-order chi connectivity index (χ1) is 12.1. The van der Waals surface area contributed by atoms with Crippen molar-refractivity contribution in [2.45, 2.75) is 32.1 Å². The third kappa shape index (κ3) is 4.37. The van der Waals surface area contributed by atoms with E-state index in [1.165, 1.54) is 0 Å². The molecule has 7 heteroatoms. The summed E-state index contributed by atoms with van der Waals surface area (Å²) in [5, 5.41) is 15.4. The molecule has 1 aliphatic rings. The number of benzene rings is 1. The fourth-order valence-electron chi connectivity index (χ4n) is 2.86. The molecule has 1 aliphatic carbocycles. The number of carbonyl (C=O) groups excluding carboxylic acids is 1. The van der Waals surface area contributed by atoms with E-state index in [9.17, 15) is 9.59 Å². The first kappa shape index (κ1) is 17.0. The number of carboxylic acids is 1. The molecule has 0 saturated carbocycles. The van der Waals surface area contributed by atoms with E-state index in [1.54, 1.807) is 12.1 Å². The second kappa shape index (κ2) is 7.83. The zero-order valence-corrected chi connectivity index (χ0v) is 13.8. The number of nitrogens with zero attached hydrogens (tertiary/aromatic N) is 1. The molecule has 0 atom stereocenters. The lowest BCUT2D eigenvalue weighted by molar-refractivity contribution is -0.139. The van der Waals surface area contributed by atoms with E-state index in [0.29, 0.717) is 24.4 Å². The zero-order valence-electron chi connectivity index (χ0n) is 13.8. The van der Waals surface area contributed by atoms with Crippen LogP contribution in [-0.2, 0) is 24.1 Å². The first-order valence-electron chi connectivity index (χ1n) is 8.32. The Labute approximate surface area is 145 Å². The number of nitrogens with one attached hydrogen (secondary N) is 1. The molecular weight excluding hydrogens is 324 g/mol. The van der Waals surface area contributed by atoms with Gasteiger partial charge in [0.2, 0.25) is 0 Å². The summed E-state index contributed by atoms with van der Waals surface area (Å²) in [5.41, 5.74) is 2.38. The molecule has 0 aliphatic heterocycles. The Balaban J connectivity index is 1.48. The largest absolute Gasteiger partial charge is 0.482 e. The maximum Gasteiger partial charge on any atom is 0.341 e. The molecule has 0 fully saturated rings. The number of aliphatic carboxylic acids is 1. The number of rotatable bonds is 7. The number of fused-ring (bicyclic) bond motifs is 1. The van der Waals surface area contributed by atoms with Crippen LogP contribution in [-0.4, -0.2) is 35.3 Å². The average Bonchev–Trinajstić information content (AvgIpc) is 3.05. The average molecular weight is 344 g/mol. The van der Waals surface area contributed by atoms with E-state index in [4.69, 9.17) is 14.4 Å². The number of ether oxygens (including phenoxy) is 1. The first-order valence-corrected chi connectivity index (χ1v) is 8.32. The van der Waals surface area contributed by atoms with Crippen molar-refractivity contribution in [3.05, 3.63) is 46.8 Å². The van der Waals surface area contributed by atoms with E-state index in [0.717, 1.165) is 42.6 Å². The maximum absolute atomic E-state index is 12.3. The standard InChI is InChI=1S/C18H20N2O5/c21-16(22)11-24-13-7-5-12(6-8-13)9-10-19-18(23)17-14-3-1-2-4-15(14)25-20-17/h5-8H,1-4,9-11H2,(H,19,23)(H,21,22). The minimum atomic E-state index is -1.01. The molecule has 0 radical (unpaired) electrons. The van der Waals surface area contributed by atoms with Crippen LogP contribution in [0.5, 0.6) is 5.75 Å². The van der Waals surface area contributed by atoms with Crippen LogP contribution in [0.2, 0.25) is 0 Å². The van der Waals surface area contributed by atoms with E-state index in [2.05, 4.69) is 10.5 Å². The van der Waals surface area contributed by atoms with Gasteiger partial charge in [-0.1, -0.05) is 17.3 Å². The van der Waals surface area contributed by atoms with Crippen LogP contribution in [0.1, 0.15) is 40.2 Å². The van der Waals surface area contributed by atoms with Gasteiger partial charge in [0, 0.05) is 18.5 Å². The summed E-state index contributed by atoms with van der Waals surface area (Å²) in [6.45, 7) is 0.118. The Kier molecular flexibility index (Phi) is 5.33. The fourth-order valence-corrected chi connectivity index (χ4v) is 2.86. The van der Waals surface area contributed by atoms with Gasteiger partial charge in [-0.25, -0.2) is 4.79 Å². The van der Waals surface area contributed by atoms with Crippen LogP contribution >= 0.6 is 0 Å². The smallest absolute Gasteiger partial charge is 0.341 e. The van der Waals surface area contributed by atoms with Crippen molar-refractivity contribution in [3.63, 3.8) is 0 Å². The molecule has 25 heavy (non-hydrogen) atoms. The molecule has 0 saturated heterocycles. The highest BCUT2D eigenvalue weighted by molar-refractivity contribution is 5.93. The summed E-state index contributed by atoms with van der Waals surface area (Å²) >= 11 is 0. The summed E-state index contributed by atoms with van der Waals surface area (Å²) in [4.78, 5) is 22.7. The molecule has 132 valence electrons. The van der Waals surface area contributed by atoms with Crippen molar-refractivity contribution < 1.29 is 24.0 Å². The SMILES string of the molecule is O=C(O)COc1ccc(CCNC(=O)c2noc3c2CCCC3)cc1. The quantitative estimate of drug-likeness (QED) is 0.796. The summed E-state index contributed by atoms with van der Waals surface area (Å²) in [6, 6.07) is 7.13. The van der Waals surface area contributed by atoms with Crippen molar-refractivity contribution in [1.29, 1.82) is 0 Å². The maximum atomic E-state index is 12.3. The highest BCUT2D eigenvalue weighted by atomic mass is 16.5. The van der Waals surface area contributed by atoms with Gasteiger partial charge in [0.1, 0.15) is 11.5 Å². The lowest BCUT2D eigenvalue weighted by Gasteiger charge is -2.09. The molecule has 2 aromatic rings. The van der Waals surface area contributed by atoms with Crippen LogP contribution in [0.3, 0.4) is 0 Å². The number of hydrogen-bond acceptors (Lipinski definition) is 5. The Morgan fingerprint density at radius 1 is 1.20 bits per heavy atom. The van der Waals surface area contributed by atoms with Gasteiger partial charge in [-0.2, -0.15) is 0 Å². The van der Waals surface area contributed by atoms with Gasteiger partial charge < -0.3 is 19.7 Å². The second-order valence-electron chi connectivity index (χ2n) is 5.97. The molecule has 0 unspecified atom stereocenters. The van der Waals surface area contributed by atoms with E-state index < -0.39 is 5.97 Å². The second-order valence-corrected chi connectivity index (χ2v) is 5.97. The van der Waals surface area contributed by atoms with E-state index >= 15 is 0 Å². The van der Waals surface area contributed by atoms with Gasteiger partial charge in [-0.05, 0) is 43.4 Å². The van der Waals surface area contributed by atoms with Crippen LogP contribution < -0.4 is 10.1 Å². The summed E-state index contributed by atoms with van der Waals surface area (Å²) in [5.74, 6) is 0.132. The van der Waals surface area contributed by atoms with Crippen molar-refractivity contribution in [2.24, 2.45) is 0 Å². The number of aromatic nitrogens is 1. The monoisotopic (exact) mass is 344 g/mol. The van der Waals surface area contributed by atoms with Crippen LogP contribution in [0.4, 0.5) is 0 Å².